The van der Waals surface area contributed by atoms with E-state index in [2.05, 4.69) is 114 Å². The monoisotopic (exact) mass is 818 g/mol. The van der Waals surface area contributed by atoms with Gasteiger partial charge in [-0.15, -0.1) is 0 Å². The third kappa shape index (κ3) is 5.06. The highest BCUT2D eigenvalue weighted by atomic mass is 19.1. The minimum absolute atomic E-state index is 0.0910. The first-order valence-electron chi connectivity index (χ1n) is 21.3. The van der Waals surface area contributed by atoms with Gasteiger partial charge in [-0.3, -0.25) is 0 Å². The van der Waals surface area contributed by atoms with Crippen molar-refractivity contribution in [3.8, 4) is 33.6 Å². The van der Waals surface area contributed by atoms with Crippen LogP contribution in [-0.4, -0.2) is 9.13 Å². The van der Waals surface area contributed by atoms with Gasteiger partial charge in [0, 0.05) is 59.8 Å². The molecule has 0 aliphatic rings. The van der Waals surface area contributed by atoms with Crippen LogP contribution in [0.1, 0.15) is 25.3 Å². The minimum atomic E-state index is -0.319. The highest BCUT2D eigenvalue weighted by Gasteiger charge is 2.31. The maximum Gasteiger partial charge on any atom is 0.160 e. The van der Waals surface area contributed by atoms with E-state index in [1.165, 1.54) is 24.3 Å². The molecule has 6 heteroatoms. The molecule has 4 heterocycles. The molecule has 0 atom stereocenters. The molecule has 4 aromatic heterocycles. The zero-order valence-electron chi connectivity index (χ0n) is 34.3. The van der Waals surface area contributed by atoms with Crippen LogP contribution in [-0.2, 0) is 0 Å². The molecular weight excluding hydrogens is 783 g/mol. The van der Waals surface area contributed by atoms with Gasteiger partial charge >= 0.3 is 0 Å². The van der Waals surface area contributed by atoms with E-state index in [0.717, 1.165) is 127 Å². The quantitative estimate of drug-likeness (QED) is 0.173. The van der Waals surface area contributed by atoms with E-state index in [1.54, 1.807) is 0 Å². The number of benzene rings is 9. The summed E-state index contributed by atoms with van der Waals surface area (Å²) in [5, 5.41) is 8.41. The van der Waals surface area contributed by atoms with Gasteiger partial charge in [0.2, 0.25) is 0 Å². The van der Waals surface area contributed by atoms with Crippen molar-refractivity contribution in [2.45, 2.75) is 19.8 Å². The lowest BCUT2D eigenvalue weighted by Crippen LogP contribution is -2.12. The molecular formula is C57H36F2N2O2. The van der Waals surface area contributed by atoms with Crippen LogP contribution >= 0.6 is 0 Å². The Hall–Kier alpha value is -7.96. The van der Waals surface area contributed by atoms with Crippen molar-refractivity contribution in [1.29, 1.82) is 0 Å². The van der Waals surface area contributed by atoms with Gasteiger partial charge in [0.1, 0.15) is 22.8 Å². The Balaban J connectivity index is 1.31. The lowest BCUT2D eigenvalue weighted by atomic mass is 9.86. The number of aromatic nitrogens is 2. The van der Waals surface area contributed by atoms with Crippen molar-refractivity contribution in [1.82, 2.24) is 9.13 Å². The molecule has 0 aliphatic carbocycles. The van der Waals surface area contributed by atoms with Gasteiger partial charge in [-0.25, -0.2) is 8.78 Å². The molecule has 0 saturated carbocycles. The van der Waals surface area contributed by atoms with Crippen molar-refractivity contribution in [3.05, 3.63) is 193 Å². The lowest BCUT2D eigenvalue weighted by Gasteiger charge is -2.28. The molecule has 4 nitrogen and oxygen atoms in total. The second kappa shape index (κ2) is 13.3. The molecule has 0 aliphatic heterocycles. The fraction of sp³-hybridized carbons (Fsp3) is 0.0526. The number of para-hydroxylation sites is 4. The molecule has 63 heavy (non-hydrogen) atoms. The summed E-state index contributed by atoms with van der Waals surface area (Å²) < 4.78 is 48.4. The van der Waals surface area contributed by atoms with E-state index in [-0.39, 0.29) is 17.6 Å². The zero-order valence-corrected chi connectivity index (χ0v) is 34.3. The normalized spacial score (nSPS) is 12.3. The summed E-state index contributed by atoms with van der Waals surface area (Å²) in [7, 11) is 0. The highest BCUT2D eigenvalue weighted by Crippen LogP contribution is 2.50. The molecule has 9 aromatic carbocycles. The van der Waals surface area contributed by atoms with Gasteiger partial charge in [0.25, 0.3) is 0 Å². The SMILES string of the molecule is CC(C)c1c(-n2c3ccccc3c3ccc4c5ccccc5oc4c32)c(-c2ccc(F)cc2)cc(-c2ccc(F)cc2)c1-n1c2ccccc2c2ccc3c4ccccc4oc3c21. The van der Waals surface area contributed by atoms with E-state index >= 15 is 0 Å². The van der Waals surface area contributed by atoms with E-state index in [0.29, 0.717) is 0 Å². The Kier molecular flexibility index (Phi) is 7.53. The van der Waals surface area contributed by atoms with E-state index in [1.807, 2.05) is 60.7 Å². The maximum atomic E-state index is 14.9. The molecule has 0 saturated heterocycles. The number of furan rings is 2. The molecule has 13 rings (SSSR count). The zero-order chi connectivity index (χ0) is 42.1. The predicted octanol–water partition coefficient (Wildman–Crippen LogP) is 16.4. The second-order valence-corrected chi connectivity index (χ2v) is 16.8. The fourth-order valence-corrected chi connectivity index (χ4v) is 10.3. The largest absolute Gasteiger partial charge is 0.454 e. The Morgan fingerprint density at radius 1 is 0.397 bits per heavy atom. The van der Waals surface area contributed by atoms with Crippen LogP contribution in [0.5, 0.6) is 0 Å². The summed E-state index contributed by atoms with van der Waals surface area (Å²) in [4.78, 5) is 0. The lowest BCUT2D eigenvalue weighted by molar-refractivity contribution is 0.627. The van der Waals surface area contributed by atoms with Crippen LogP contribution in [0.25, 0.3) is 121 Å². The average Bonchev–Trinajstić information content (AvgIpc) is 4.07. The smallest absolute Gasteiger partial charge is 0.160 e. The van der Waals surface area contributed by atoms with Gasteiger partial charge in [0.05, 0.1) is 33.4 Å². The van der Waals surface area contributed by atoms with Crippen LogP contribution in [0.3, 0.4) is 0 Å². The maximum absolute atomic E-state index is 14.9. The molecule has 0 radical (unpaired) electrons. The number of nitrogens with zero attached hydrogens (tertiary/aromatic N) is 2. The van der Waals surface area contributed by atoms with Crippen LogP contribution in [0.15, 0.2) is 185 Å². The Morgan fingerprint density at radius 2 is 0.778 bits per heavy atom. The molecule has 300 valence electrons. The van der Waals surface area contributed by atoms with Crippen molar-refractivity contribution in [2.75, 3.05) is 0 Å². The number of fused-ring (bicyclic) bond motifs is 14. The second-order valence-electron chi connectivity index (χ2n) is 16.8. The Morgan fingerprint density at radius 3 is 1.21 bits per heavy atom. The number of hydrogen-bond acceptors (Lipinski definition) is 2. The molecule has 0 fully saturated rings. The fourth-order valence-electron chi connectivity index (χ4n) is 10.3. The van der Waals surface area contributed by atoms with Gasteiger partial charge in [-0.2, -0.15) is 0 Å². The summed E-state index contributed by atoms with van der Waals surface area (Å²) >= 11 is 0. The van der Waals surface area contributed by atoms with Gasteiger partial charge in [-0.05, 0) is 83.8 Å². The number of halogens is 2. The van der Waals surface area contributed by atoms with Crippen LogP contribution in [0.2, 0.25) is 0 Å². The van der Waals surface area contributed by atoms with Crippen LogP contribution in [0.4, 0.5) is 8.78 Å². The third-order valence-electron chi connectivity index (χ3n) is 13.0. The van der Waals surface area contributed by atoms with Crippen LogP contribution in [0, 0.1) is 11.6 Å². The summed E-state index contributed by atoms with van der Waals surface area (Å²) in [5.74, 6) is -0.728. The minimum Gasteiger partial charge on any atom is -0.454 e. The van der Waals surface area contributed by atoms with E-state index in [9.17, 15) is 8.78 Å². The first kappa shape index (κ1) is 35.8. The standard InChI is InChI=1S/C57H36F2N2O2/c1-32(2)51-52(60-47-15-7-3-11-37(47)41-27-29-43-39-13-5-9-17-49(39)62-56(43)54(41)60)45(33-19-23-35(58)24-20-33)31-46(34-21-25-36(59)26-22-34)53(51)61-48-16-8-4-12-38(48)42-28-30-44-40-14-6-10-18-50(40)63-57(44)55(42)61/h3-32H,1-2H3. The molecule has 0 bridgehead atoms. The number of rotatable bonds is 5. The van der Waals surface area contributed by atoms with E-state index in [4.69, 9.17) is 8.83 Å². The Bertz CT molecular complexity index is 3760. The molecule has 13 aromatic rings. The summed E-state index contributed by atoms with van der Waals surface area (Å²) in [6.07, 6.45) is 0. The van der Waals surface area contributed by atoms with E-state index < -0.39 is 0 Å². The van der Waals surface area contributed by atoms with Crippen molar-refractivity contribution < 1.29 is 17.6 Å². The topological polar surface area (TPSA) is 36.1 Å². The van der Waals surface area contributed by atoms with Gasteiger partial charge < -0.3 is 18.0 Å². The van der Waals surface area contributed by atoms with Crippen molar-refractivity contribution >= 4 is 87.5 Å². The van der Waals surface area contributed by atoms with Gasteiger partial charge in [0.15, 0.2) is 11.2 Å². The molecule has 0 N–H and O–H groups in total. The average molecular weight is 819 g/mol. The number of hydrogen-bond donors (Lipinski definition) is 0. The van der Waals surface area contributed by atoms with Crippen molar-refractivity contribution in [3.63, 3.8) is 0 Å². The van der Waals surface area contributed by atoms with Gasteiger partial charge in [-0.1, -0.05) is 123 Å². The predicted molar refractivity (Wildman–Crippen MR) is 255 cm³/mol. The van der Waals surface area contributed by atoms with Crippen molar-refractivity contribution in [2.24, 2.45) is 0 Å². The first-order chi connectivity index (χ1) is 30.9. The molecule has 0 unspecified atom stereocenters. The summed E-state index contributed by atoms with van der Waals surface area (Å²) in [5.41, 5.74) is 13.5. The summed E-state index contributed by atoms with van der Waals surface area (Å²) in [6.45, 7) is 4.47. The summed E-state index contributed by atoms with van der Waals surface area (Å²) in [6, 6.07) is 57.9. The highest BCUT2D eigenvalue weighted by molar-refractivity contribution is 6.23. The Labute approximate surface area is 359 Å². The first-order valence-corrected chi connectivity index (χ1v) is 21.3. The third-order valence-corrected chi connectivity index (χ3v) is 13.0. The molecule has 0 spiro atoms. The molecule has 0 amide bonds. The van der Waals surface area contributed by atoms with Crippen LogP contribution < -0.4 is 0 Å².